The largest absolute Gasteiger partial charge is 0.198 e. The number of hydrogen-bond donors (Lipinski definition) is 0. The van der Waals surface area contributed by atoms with Gasteiger partial charge in [0, 0.05) is 5.92 Å². The average molecular weight is 289 g/mol. The van der Waals surface area contributed by atoms with Crippen molar-refractivity contribution in [3.8, 4) is 17.2 Å². The Morgan fingerprint density at radius 2 is 1.50 bits per heavy atom. The topological polar surface area (TPSA) is 23.8 Å². The van der Waals surface area contributed by atoms with Crippen molar-refractivity contribution in [2.45, 2.75) is 39.0 Å². The normalized spacial score (nSPS) is 24.7. The summed E-state index contributed by atoms with van der Waals surface area (Å²) in [6.45, 7) is 4.33. The average Bonchev–Trinajstić information content (AvgIpc) is 2.56. The highest BCUT2D eigenvalue weighted by atomic mass is 14.4. The summed E-state index contributed by atoms with van der Waals surface area (Å²) >= 11 is 0. The van der Waals surface area contributed by atoms with Crippen LogP contribution < -0.4 is 0 Å². The third-order valence-electron chi connectivity index (χ3n) is 5.13. The second kappa shape index (κ2) is 6.36. The first-order chi connectivity index (χ1) is 10.7. The van der Waals surface area contributed by atoms with E-state index < -0.39 is 0 Å². The van der Waals surface area contributed by atoms with Gasteiger partial charge in [-0.3, -0.25) is 0 Å². The molecule has 1 aliphatic carbocycles. The Bertz CT molecular complexity index is 661. The molecule has 1 heteroatoms. The molecule has 0 amide bonds. The zero-order valence-electron chi connectivity index (χ0n) is 13.4. The Kier molecular flexibility index (Phi) is 4.29. The third-order valence-corrected chi connectivity index (χ3v) is 5.13. The highest BCUT2D eigenvalue weighted by Gasteiger charge is 2.28. The lowest BCUT2D eigenvalue weighted by Crippen LogP contribution is -2.20. The van der Waals surface area contributed by atoms with Gasteiger partial charge in [-0.1, -0.05) is 61.0 Å². The number of rotatable bonds is 2. The Labute approximate surface area is 133 Å². The highest BCUT2D eigenvalue weighted by molar-refractivity contribution is 5.64. The molecule has 0 heterocycles. The molecule has 1 nitrogen and oxygen atoms in total. The van der Waals surface area contributed by atoms with Gasteiger partial charge < -0.3 is 0 Å². The minimum absolute atomic E-state index is 0.218. The second-order valence-corrected chi connectivity index (χ2v) is 6.71. The van der Waals surface area contributed by atoms with Crippen LogP contribution >= 0.6 is 0 Å². The monoisotopic (exact) mass is 289 g/mol. The van der Waals surface area contributed by atoms with Crippen molar-refractivity contribution in [3.63, 3.8) is 0 Å². The molecule has 0 bridgehead atoms. The first-order valence-corrected chi connectivity index (χ1v) is 8.24. The molecule has 1 aliphatic rings. The molecule has 0 N–H and O–H groups in total. The molecule has 1 fully saturated rings. The van der Waals surface area contributed by atoms with Crippen LogP contribution in [0.15, 0.2) is 48.5 Å². The number of nitrogens with zero attached hydrogens (tertiary/aromatic N) is 1. The number of nitriles is 1. The van der Waals surface area contributed by atoms with E-state index in [1.165, 1.54) is 35.1 Å². The van der Waals surface area contributed by atoms with Crippen molar-refractivity contribution in [2.75, 3.05) is 0 Å². The van der Waals surface area contributed by atoms with Gasteiger partial charge in [-0.05, 0) is 54.7 Å². The van der Waals surface area contributed by atoms with Gasteiger partial charge in [0.2, 0.25) is 0 Å². The molecule has 0 spiro atoms. The standard InChI is InChI=1S/C21H23N/c1-15-3-6-17(7-4-15)18-9-11-19(12-10-18)20-8-5-16(2)21(13-20)14-22/h3-4,6-7,9-12,16,20-21H,5,8,13H2,1-2H3. The maximum absolute atomic E-state index is 9.29. The van der Waals surface area contributed by atoms with E-state index in [2.05, 4.69) is 68.4 Å². The summed E-state index contributed by atoms with van der Waals surface area (Å²) in [7, 11) is 0. The van der Waals surface area contributed by atoms with E-state index in [9.17, 15) is 5.26 Å². The van der Waals surface area contributed by atoms with Gasteiger partial charge in [0.15, 0.2) is 0 Å². The molecule has 0 radical (unpaired) electrons. The molecule has 0 aliphatic heterocycles. The molecule has 0 saturated heterocycles. The van der Waals surface area contributed by atoms with Crippen molar-refractivity contribution in [1.29, 1.82) is 5.26 Å². The van der Waals surface area contributed by atoms with E-state index in [1.807, 2.05) is 0 Å². The lowest BCUT2D eigenvalue weighted by Gasteiger charge is -2.30. The van der Waals surface area contributed by atoms with Crippen LogP contribution in [0.3, 0.4) is 0 Å². The zero-order valence-corrected chi connectivity index (χ0v) is 13.4. The van der Waals surface area contributed by atoms with Crippen LogP contribution in [0.5, 0.6) is 0 Å². The first-order valence-electron chi connectivity index (χ1n) is 8.24. The van der Waals surface area contributed by atoms with Crippen LogP contribution in [0.2, 0.25) is 0 Å². The Morgan fingerprint density at radius 3 is 2.09 bits per heavy atom. The van der Waals surface area contributed by atoms with Crippen molar-refractivity contribution in [3.05, 3.63) is 59.7 Å². The molecule has 22 heavy (non-hydrogen) atoms. The number of hydrogen-bond acceptors (Lipinski definition) is 1. The molecule has 3 rings (SSSR count). The SMILES string of the molecule is Cc1ccc(-c2ccc(C3CCC(C)C(C#N)C3)cc2)cc1. The maximum Gasteiger partial charge on any atom is 0.0658 e. The molecule has 2 aromatic carbocycles. The van der Waals surface area contributed by atoms with Crippen molar-refractivity contribution in [2.24, 2.45) is 11.8 Å². The van der Waals surface area contributed by atoms with E-state index in [-0.39, 0.29) is 5.92 Å². The minimum atomic E-state index is 0.218. The van der Waals surface area contributed by atoms with Gasteiger partial charge >= 0.3 is 0 Å². The van der Waals surface area contributed by atoms with Gasteiger partial charge in [0.25, 0.3) is 0 Å². The Balaban J connectivity index is 1.77. The lowest BCUT2D eigenvalue weighted by atomic mass is 9.73. The lowest BCUT2D eigenvalue weighted by molar-refractivity contribution is 0.283. The predicted octanol–water partition coefficient (Wildman–Crippen LogP) is 5.71. The summed E-state index contributed by atoms with van der Waals surface area (Å²) in [5, 5.41) is 9.29. The van der Waals surface area contributed by atoms with E-state index in [1.54, 1.807) is 0 Å². The quantitative estimate of drug-likeness (QED) is 0.695. The Hall–Kier alpha value is -2.07. The van der Waals surface area contributed by atoms with Gasteiger partial charge in [0.05, 0.1) is 6.07 Å². The maximum atomic E-state index is 9.29. The van der Waals surface area contributed by atoms with Crippen LogP contribution in [0, 0.1) is 30.1 Å². The summed E-state index contributed by atoms with van der Waals surface area (Å²) in [6.07, 6.45) is 3.40. The molecule has 2 aromatic rings. The van der Waals surface area contributed by atoms with Crippen LogP contribution in [-0.2, 0) is 0 Å². The summed E-state index contributed by atoms with van der Waals surface area (Å²) in [5.41, 5.74) is 5.22. The molecule has 3 unspecified atom stereocenters. The fourth-order valence-corrected chi connectivity index (χ4v) is 3.50. The van der Waals surface area contributed by atoms with E-state index in [4.69, 9.17) is 0 Å². The van der Waals surface area contributed by atoms with Crippen molar-refractivity contribution < 1.29 is 0 Å². The van der Waals surface area contributed by atoms with Crippen molar-refractivity contribution >= 4 is 0 Å². The van der Waals surface area contributed by atoms with Gasteiger partial charge in [0.1, 0.15) is 0 Å². The second-order valence-electron chi connectivity index (χ2n) is 6.71. The molecule has 3 atom stereocenters. The van der Waals surface area contributed by atoms with Gasteiger partial charge in [-0.25, -0.2) is 0 Å². The number of benzene rings is 2. The van der Waals surface area contributed by atoms with Gasteiger partial charge in [-0.15, -0.1) is 0 Å². The summed E-state index contributed by atoms with van der Waals surface area (Å²) in [4.78, 5) is 0. The highest BCUT2D eigenvalue weighted by Crippen LogP contribution is 2.39. The fraction of sp³-hybridized carbons (Fsp3) is 0.381. The summed E-state index contributed by atoms with van der Waals surface area (Å²) in [5.74, 6) is 1.32. The smallest absolute Gasteiger partial charge is 0.0658 e. The predicted molar refractivity (Wildman–Crippen MR) is 91.5 cm³/mol. The van der Waals surface area contributed by atoms with Crippen LogP contribution in [0.25, 0.3) is 11.1 Å². The third kappa shape index (κ3) is 3.07. The van der Waals surface area contributed by atoms with Crippen LogP contribution in [0.1, 0.15) is 43.2 Å². The summed E-state index contributed by atoms with van der Waals surface area (Å²) in [6, 6.07) is 20.1. The van der Waals surface area contributed by atoms with Crippen LogP contribution in [0.4, 0.5) is 0 Å². The molecule has 0 aromatic heterocycles. The van der Waals surface area contributed by atoms with E-state index in [0.717, 1.165) is 6.42 Å². The Morgan fingerprint density at radius 1 is 0.909 bits per heavy atom. The fourth-order valence-electron chi connectivity index (χ4n) is 3.50. The molecule has 112 valence electrons. The number of aryl methyl sites for hydroxylation is 1. The molecule has 1 saturated carbocycles. The first kappa shape index (κ1) is 14.9. The zero-order chi connectivity index (χ0) is 15.5. The van der Waals surface area contributed by atoms with Crippen LogP contribution in [-0.4, -0.2) is 0 Å². The minimum Gasteiger partial charge on any atom is -0.198 e. The van der Waals surface area contributed by atoms with E-state index >= 15 is 0 Å². The summed E-state index contributed by atoms with van der Waals surface area (Å²) < 4.78 is 0. The molecular weight excluding hydrogens is 266 g/mol. The van der Waals surface area contributed by atoms with Gasteiger partial charge in [-0.2, -0.15) is 5.26 Å². The van der Waals surface area contributed by atoms with E-state index in [0.29, 0.717) is 11.8 Å². The van der Waals surface area contributed by atoms with Crippen molar-refractivity contribution in [1.82, 2.24) is 0 Å². The molecular formula is C21H23N.